The van der Waals surface area contributed by atoms with Crippen LogP contribution < -0.4 is 0 Å². The van der Waals surface area contributed by atoms with Gasteiger partial charge in [-0.2, -0.15) is 0 Å². The lowest BCUT2D eigenvalue weighted by Crippen LogP contribution is -2.00. The van der Waals surface area contributed by atoms with Gasteiger partial charge in [-0.1, -0.05) is 127 Å². The molecule has 12 aromatic rings. The topological polar surface area (TPSA) is 69.9 Å². The zero-order chi connectivity index (χ0) is 37.5. The first-order valence-electron chi connectivity index (χ1n) is 19.0. The van der Waals surface area contributed by atoms with E-state index in [1.165, 1.54) is 21.8 Å². The second kappa shape index (κ2) is 12.3. The Labute approximate surface area is 325 Å². The minimum Gasteiger partial charge on any atom is -0.456 e. The number of para-hydroxylation sites is 3. The predicted octanol–water partition coefficient (Wildman–Crippen LogP) is 13.4. The number of rotatable bonds is 5. The summed E-state index contributed by atoms with van der Waals surface area (Å²) in [5, 5.41) is 6.65. The van der Waals surface area contributed by atoms with Gasteiger partial charge in [-0.25, -0.2) is 15.0 Å². The minimum atomic E-state index is 0.554. The fourth-order valence-electron chi connectivity index (χ4n) is 8.47. The van der Waals surface area contributed by atoms with E-state index in [1.807, 2.05) is 78.9 Å². The summed E-state index contributed by atoms with van der Waals surface area (Å²) in [7, 11) is 0. The number of furan rings is 2. The average molecular weight is 731 g/mol. The third-order valence-electron chi connectivity index (χ3n) is 11.1. The third kappa shape index (κ3) is 4.94. The van der Waals surface area contributed by atoms with E-state index in [9.17, 15) is 0 Å². The molecule has 4 aromatic heterocycles. The van der Waals surface area contributed by atoms with Gasteiger partial charge in [0.05, 0.1) is 16.6 Å². The van der Waals surface area contributed by atoms with Crippen molar-refractivity contribution in [2.24, 2.45) is 0 Å². The first-order valence-corrected chi connectivity index (χ1v) is 19.0. The summed E-state index contributed by atoms with van der Waals surface area (Å²) in [6.07, 6.45) is 0. The molecule has 0 aliphatic carbocycles. The van der Waals surface area contributed by atoms with Crippen LogP contribution >= 0.6 is 0 Å². The lowest BCUT2D eigenvalue weighted by Gasteiger charge is -2.08. The van der Waals surface area contributed by atoms with Crippen LogP contribution in [0.2, 0.25) is 0 Å². The smallest absolute Gasteiger partial charge is 0.167 e. The van der Waals surface area contributed by atoms with Gasteiger partial charge in [-0.05, 0) is 65.7 Å². The van der Waals surface area contributed by atoms with Crippen LogP contribution in [0.5, 0.6) is 0 Å². The van der Waals surface area contributed by atoms with Gasteiger partial charge in [0.1, 0.15) is 22.3 Å². The van der Waals surface area contributed by atoms with Gasteiger partial charge in [-0.3, -0.25) is 0 Å². The first-order chi connectivity index (χ1) is 28.2. The molecule has 0 saturated heterocycles. The molecule has 4 heterocycles. The number of fused-ring (bicyclic) bond motifs is 9. The number of nitrogens with zero attached hydrogens (tertiary/aromatic N) is 4. The maximum absolute atomic E-state index is 6.71. The van der Waals surface area contributed by atoms with Crippen LogP contribution in [-0.2, 0) is 0 Å². The molecule has 8 aromatic carbocycles. The van der Waals surface area contributed by atoms with Crippen molar-refractivity contribution in [2.75, 3.05) is 0 Å². The summed E-state index contributed by atoms with van der Waals surface area (Å²) in [6.45, 7) is 0. The average Bonchev–Trinajstić information content (AvgIpc) is 3.96. The van der Waals surface area contributed by atoms with E-state index < -0.39 is 0 Å². The van der Waals surface area contributed by atoms with E-state index in [-0.39, 0.29) is 0 Å². The number of hydrogen-bond donors (Lipinski definition) is 0. The van der Waals surface area contributed by atoms with Crippen molar-refractivity contribution >= 4 is 65.7 Å². The van der Waals surface area contributed by atoms with Gasteiger partial charge >= 0.3 is 0 Å². The van der Waals surface area contributed by atoms with Crippen LogP contribution in [0.25, 0.3) is 117 Å². The lowest BCUT2D eigenvalue weighted by atomic mass is 9.97. The highest BCUT2D eigenvalue weighted by atomic mass is 16.3. The fourth-order valence-corrected chi connectivity index (χ4v) is 8.47. The second-order valence-electron chi connectivity index (χ2n) is 14.4. The third-order valence-corrected chi connectivity index (χ3v) is 11.1. The molecule has 57 heavy (non-hydrogen) atoms. The summed E-state index contributed by atoms with van der Waals surface area (Å²) in [5.41, 5.74) is 11.4. The van der Waals surface area contributed by atoms with Crippen molar-refractivity contribution in [3.63, 3.8) is 0 Å². The quantitative estimate of drug-likeness (QED) is 0.176. The van der Waals surface area contributed by atoms with Crippen molar-refractivity contribution < 1.29 is 8.83 Å². The molecule has 12 rings (SSSR count). The van der Waals surface area contributed by atoms with Gasteiger partial charge in [0, 0.05) is 49.1 Å². The van der Waals surface area contributed by atoms with Crippen molar-refractivity contribution in [1.82, 2.24) is 19.5 Å². The zero-order valence-electron chi connectivity index (χ0n) is 30.4. The van der Waals surface area contributed by atoms with Crippen LogP contribution in [0.15, 0.2) is 191 Å². The van der Waals surface area contributed by atoms with Crippen LogP contribution in [0.1, 0.15) is 0 Å². The first kappa shape index (κ1) is 31.5. The highest BCUT2D eigenvalue weighted by molar-refractivity contribution is 6.16. The lowest BCUT2D eigenvalue weighted by molar-refractivity contribution is 0.668. The summed E-state index contributed by atoms with van der Waals surface area (Å²) in [5.74, 6) is 1.77. The Balaban J connectivity index is 0.997. The summed E-state index contributed by atoms with van der Waals surface area (Å²) >= 11 is 0. The molecule has 0 radical (unpaired) electrons. The van der Waals surface area contributed by atoms with E-state index in [1.54, 1.807) is 0 Å². The van der Waals surface area contributed by atoms with E-state index in [0.29, 0.717) is 17.5 Å². The SMILES string of the molecule is c1ccc(-c2nc(-c3ccccc3)nc(-c3cccc4c3oc3cccc(-c5ccc6c(c5)oc5ccc(-n7c8ccccc8c8ccccc87)cc56)c34)n2)cc1. The molecule has 6 nitrogen and oxygen atoms in total. The molecule has 0 fully saturated rings. The maximum Gasteiger partial charge on any atom is 0.167 e. The molecule has 0 bridgehead atoms. The molecule has 0 aliphatic heterocycles. The minimum absolute atomic E-state index is 0.554. The van der Waals surface area contributed by atoms with E-state index >= 15 is 0 Å². The summed E-state index contributed by atoms with van der Waals surface area (Å²) in [4.78, 5) is 14.9. The Morgan fingerprint density at radius 3 is 1.68 bits per heavy atom. The van der Waals surface area contributed by atoms with Gasteiger partial charge in [0.15, 0.2) is 17.5 Å². The van der Waals surface area contributed by atoms with E-state index in [4.69, 9.17) is 23.8 Å². The molecule has 0 aliphatic rings. The van der Waals surface area contributed by atoms with Crippen molar-refractivity contribution in [1.29, 1.82) is 0 Å². The monoisotopic (exact) mass is 730 g/mol. The van der Waals surface area contributed by atoms with E-state index in [0.717, 1.165) is 77.4 Å². The van der Waals surface area contributed by atoms with Crippen LogP contribution in [0, 0.1) is 0 Å². The molecular formula is C51H30N4O2. The van der Waals surface area contributed by atoms with Gasteiger partial charge in [0.2, 0.25) is 0 Å². The molecule has 0 saturated carbocycles. The molecule has 0 amide bonds. The highest BCUT2D eigenvalue weighted by Gasteiger charge is 2.21. The predicted molar refractivity (Wildman–Crippen MR) is 230 cm³/mol. The van der Waals surface area contributed by atoms with Crippen molar-refractivity contribution in [3.8, 4) is 51.0 Å². The molecule has 6 heteroatoms. The molecule has 266 valence electrons. The molecule has 0 unspecified atom stereocenters. The second-order valence-corrected chi connectivity index (χ2v) is 14.4. The highest BCUT2D eigenvalue weighted by Crippen LogP contribution is 2.42. The summed E-state index contributed by atoms with van der Waals surface area (Å²) < 4.78 is 15.6. The normalized spacial score (nSPS) is 11.9. The Morgan fingerprint density at radius 1 is 0.351 bits per heavy atom. The number of aromatic nitrogens is 4. The maximum atomic E-state index is 6.71. The van der Waals surface area contributed by atoms with Crippen molar-refractivity contribution in [2.45, 2.75) is 0 Å². The fraction of sp³-hybridized carbons (Fsp3) is 0. The molecule has 0 atom stereocenters. The van der Waals surface area contributed by atoms with Crippen LogP contribution in [-0.4, -0.2) is 19.5 Å². The standard InChI is InChI=1S/C51H30N4O2/c1-3-13-31(14-4-1)49-52-50(32-15-5-2-6-16-32)54-51(53-49)40-21-11-20-39-47-35(19-12-24-45(47)57-48(39)40)33-25-27-38-41-30-34(26-28-44(41)56-46(38)29-33)55-42-22-9-7-17-36(42)37-18-8-10-23-43(37)55/h1-30H. The van der Waals surface area contributed by atoms with Crippen LogP contribution in [0.4, 0.5) is 0 Å². The Bertz CT molecular complexity index is 3410. The molecular weight excluding hydrogens is 701 g/mol. The summed E-state index contributed by atoms with van der Waals surface area (Å²) in [6, 6.07) is 62.7. The van der Waals surface area contributed by atoms with Gasteiger partial charge < -0.3 is 13.4 Å². The largest absolute Gasteiger partial charge is 0.456 e. The van der Waals surface area contributed by atoms with Crippen molar-refractivity contribution in [3.05, 3.63) is 182 Å². The van der Waals surface area contributed by atoms with Gasteiger partial charge in [-0.15, -0.1) is 0 Å². The molecule has 0 N–H and O–H groups in total. The van der Waals surface area contributed by atoms with Gasteiger partial charge in [0.25, 0.3) is 0 Å². The van der Waals surface area contributed by atoms with E-state index in [2.05, 4.69) is 108 Å². The zero-order valence-corrected chi connectivity index (χ0v) is 30.4. The number of hydrogen-bond acceptors (Lipinski definition) is 5. The molecule has 0 spiro atoms. The number of benzene rings is 8. The Kier molecular flexibility index (Phi) is 6.83. The Hall–Kier alpha value is -7.83. The van der Waals surface area contributed by atoms with Crippen LogP contribution in [0.3, 0.4) is 0 Å². The Morgan fingerprint density at radius 2 is 0.965 bits per heavy atom.